The first-order chi connectivity index (χ1) is 10.5. The van der Waals surface area contributed by atoms with Crippen molar-refractivity contribution in [3.63, 3.8) is 0 Å². The summed E-state index contributed by atoms with van der Waals surface area (Å²) in [6.07, 6.45) is 4.25. The molecule has 0 saturated heterocycles. The first-order valence-electron chi connectivity index (χ1n) is 7.73. The van der Waals surface area contributed by atoms with Crippen LogP contribution in [0.15, 0.2) is 12.2 Å². The highest BCUT2D eigenvalue weighted by molar-refractivity contribution is 6.06. The molecule has 0 amide bonds. The fourth-order valence-corrected chi connectivity index (χ4v) is 3.61. The second-order valence-electron chi connectivity index (χ2n) is 5.43. The van der Waals surface area contributed by atoms with Crippen molar-refractivity contribution in [3.05, 3.63) is 12.2 Å². The maximum atomic E-state index is 12.6. The highest BCUT2D eigenvalue weighted by Crippen LogP contribution is 2.58. The minimum atomic E-state index is -1.61. The minimum Gasteiger partial charge on any atom is -0.466 e. The lowest BCUT2D eigenvalue weighted by atomic mass is 9.68. The summed E-state index contributed by atoms with van der Waals surface area (Å²) in [7, 11) is 0. The summed E-state index contributed by atoms with van der Waals surface area (Å²) in [6, 6.07) is 0. The van der Waals surface area contributed by atoms with Crippen molar-refractivity contribution >= 4 is 17.9 Å². The second-order valence-corrected chi connectivity index (χ2v) is 5.43. The van der Waals surface area contributed by atoms with Gasteiger partial charge in [-0.15, -0.1) is 0 Å². The van der Waals surface area contributed by atoms with E-state index in [4.69, 9.17) is 14.2 Å². The van der Waals surface area contributed by atoms with Crippen LogP contribution in [0.2, 0.25) is 0 Å². The molecule has 0 aromatic rings. The zero-order valence-corrected chi connectivity index (χ0v) is 13.2. The van der Waals surface area contributed by atoms with Crippen LogP contribution in [0.3, 0.4) is 0 Å². The Morgan fingerprint density at radius 2 is 1.50 bits per heavy atom. The van der Waals surface area contributed by atoms with Gasteiger partial charge in [-0.25, -0.2) is 0 Å². The van der Waals surface area contributed by atoms with Crippen molar-refractivity contribution in [2.45, 2.75) is 27.2 Å². The Balaban J connectivity index is 2.48. The van der Waals surface area contributed by atoms with Gasteiger partial charge in [-0.05, 0) is 33.1 Å². The van der Waals surface area contributed by atoms with Gasteiger partial charge in [0.15, 0.2) is 5.41 Å². The number of rotatable bonds is 6. The summed E-state index contributed by atoms with van der Waals surface area (Å²) < 4.78 is 15.4. The lowest BCUT2D eigenvalue weighted by Crippen LogP contribution is -2.53. The third-order valence-corrected chi connectivity index (χ3v) is 4.39. The SMILES string of the molecule is CCOC(=O)[C@@H]1[C@@H]2C=C[C@@H](C2)C1(C(=O)OCC)C(=O)OCC. The molecule has 2 aliphatic rings. The maximum Gasteiger partial charge on any atom is 0.325 e. The summed E-state index contributed by atoms with van der Waals surface area (Å²) in [5, 5.41) is 0. The third-order valence-electron chi connectivity index (χ3n) is 4.39. The molecule has 2 bridgehead atoms. The van der Waals surface area contributed by atoms with Gasteiger partial charge in [0, 0.05) is 5.92 Å². The van der Waals surface area contributed by atoms with E-state index in [0.29, 0.717) is 6.42 Å². The van der Waals surface area contributed by atoms with Gasteiger partial charge < -0.3 is 14.2 Å². The van der Waals surface area contributed by atoms with Crippen molar-refractivity contribution < 1.29 is 28.6 Å². The average Bonchev–Trinajstić information content (AvgIpc) is 3.07. The first kappa shape index (κ1) is 16.5. The van der Waals surface area contributed by atoms with E-state index < -0.39 is 29.2 Å². The average molecular weight is 310 g/mol. The van der Waals surface area contributed by atoms with Gasteiger partial charge in [-0.3, -0.25) is 14.4 Å². The lowest BCUT2D eigenvalue weighted by Gasteiger charge is -2.35. The highest BCUT2D eigenvalue weighted by Gasteiger charge is 2.70. The van der Waals surface area contributed by atoms with E-state index in [2.05, 4.69) is 0 Å². The van der Waals surface area contributed by atoms with Crippen LogP contribution in [-0.2, 0) is 28.6 Å². The van der Waals surface area contributed by atoms with Gasteiger partial charge >= 0.3 is 17.9 Å². The van der Waals surface area contributed by atoms with Crippen LogP contribution in [0.1, 0.15) is 27.2 Å². The molecule has 1 saturated carbocycles. The molecule has 0 aromatic heterocycles. The molecule has 0 N–H and O–H groups in total. The molecule has 0 radical (unpaired) electrons. The molecule has 0 aromatic carbocycles. The Hall–Kier alpha value is -1.85. The number of ether oxygens (including phenoxy) is 3. The molecule has 22 heavy (non-hydrogen) atoms. The largest absolute Gasteiger partial charge is 0.466 e. The predicted octanol–water partition coefficient (Wildman–Crippen LogP) is 1.48. The van der Waals surface area contributed by atoms with E-state index in [9.17, 15) is 14.4 Å². The molecule has 6 nitrogen and oxygen atoms in total. The lowest BCUT2D eigenvalue weighted by molar-refractivity contribution is -0.185. The minimum absolute atomic E-state index is 0.136. The molecule has 0 aliphatic heterocycles. The molecule has 0 unspecified atom stereocenters. The Bertz CT molecular complexity index is 477. The number of hydrogen-bond donors (Lipinski definition) is 0. The fourth-order valence-electron chi connectivity index (χ4n) is 3.61. The number of carbonyl (C=O) groups excluding carboxylic acids is 3. The van der Waals surface area contributed by atoms with Crippen LogP contribution < -0.4 is 0 Å². The molecule has 122 valence electrons. The Morgan fingerprint density at radius 3 is 2.00 bits per heavy atom. The summed E-state index contributed by atoms with van der Waals surface area (Å²) in [5.41, 5.74) is -1.61. The van der Waals surface area contributed by atoms with Crippen LogP contribution in [0.5, 0.6) is 0 Å². The van der Waals surface area contributed by atoms with Gasteiger partial charge in [-0.1, -0.05) is 12.2 Å². The van der Waals surface area contributed by atoms with Crippen molar-refractivity contribution in [1.29, 1.82) is 0 Å². The molecule has 0 heterocycles. The van der Waals surface area contributed by atoms with Crippen LogP contribution in [-0.4, -0.2) is 37.7 Å². The van der Waals surface area contributed by atoms with Gasteiger partial charge in [0.05, 0.1) is 25.7 Å². The van der Waals surface area contributed by atoms with Crippen LogP contribution >= 0.6 is 0 Å². The number of hydrogen-bond acceptors (Lipinski definition) is 6. The normalized spacial score (nSPS) is 27.5. The molecule has 0 spiro atoms. The van der Waals surface area contributed by atoms with E-state index in [0.717, 1.165) is 0 Å². The van der Waals surface area contributed by atoms with Gasteiger partial charge in [0.1, 0.15) is 0 Å². The Morgan fingerprint density at radius 1 is 0.955 bits per heavy atom. The number of allylic oxidation sites excluding steroid dienone is 2. The van der Waals surface area contributed by atoms with E-state index in [-0.39, 0.29) is 31.7 Å². The van der Waals surface area contributed by atoms with Crippen molar-refractivity contribution in [2.75, 3.05) is 19.8 Å². The summed E-state index contributed by atoms with van der Waals surface area (Å²) in [5.74, 6) is -3.38. The molecular formula is C16H22O6. The first-order valence-corrected chi connectivity index (χ1v) is 7.73. The Labute approximate surface area is 129 Å². The second kappa shape index (κ2) is 6.50. The summed E-state index contributed by atoms with van der Waals surface area (Å²) in [6.45, 7) is 5.49. The smallest absolute Gasteiger partial charge is 0.325 e. The summed E-state index contributed by atoms with van der Waals surface area (Å²) >= 11 is 0. The zero-order chi connectivity index (χ0) is 16.3. The highest BCUT2D eigenvalue weighted by atomic mass is 16.6. The zero-order valence-electron chi connectivity index (χ0n) is 13.2. The van der Waals surface area contributed by atoms with Crippen LogP contribution in [0, 0.1) is 23.2 Å². The quantitative estimate of drug-likeness (QED) is 0.320. The molecule has 1 fully saturated rings. The third kappa shape index (κ3) is 2.30. The van der Waals surface area contributed by atoms with Crippen molar-refractivity contribution in [2.24, 2.45) is 23.2 Å². The van der Waals surface area contributed by atoms with Crippen molar-refractivity contribution in [1.82, 2.24) is 0 Å². The molecule has 3 atom stereocenters. The number of carbonyl (C=O) groups is 3. The molecule has 2 aliphatic carbocycles. The predicted molar refractivity (Wildman–Crippen MR) is 76.6 cm³/mol. The van der Waals surface area contributed by atoms with E-state index in [1.54, 1.807) is 20.8 Å². The van der Waals surface area contributed by atoms with E-state index >= 15 is 0 Å². The van der Waals surface area contributed by atoms with E-state index in [1.807, 2.05) is 12.2 Å². The van der Waals surface area contributed by atoms with Crippen LogP contribution in [0.4, 0.5) is 0 Å². The molecular weight excluding hydrogens is 288 g/mol. The topological polar surface area (TPSA) is 78.9 Å². The van der Waals surface area contributed by atoms with Gasteiger partial charge in [0.25, 0.3) is 0 Å². The van der Waals surface area contributed by atoms with Crippen LogP contribution in [0.25, 0.3) is 0 Å². The van der Waals surface area contributed by atoms with Gasteiger partial charge in [-0.2, -0.15) is 0 Å². The number of fused-ring (bicyclic) bond motifs is 2. The standard InChI is InChI=1S/C16H22O6/c1-4-20-13(17)12-10-7-8-11(9-10)16(12,14(18)21-5-2)15(19)22-6-3/h7-8,10-12H,4-6,9H2,1-3H3/t10-,11+,12+/m1/s1. The monoisotopic (exact) mass is 310 g/mol. The Kier molecular flexibility index (Phi) is 4.88. The van der Waals surface area contributed by atoms with Gasteiger partial charge in [0.2, 0.25) is 0 Å². The molecule has 6 heteroatoms. The molecule has 2 rings (SSSR count). The number of esters is 3. The maximum absolute atomic E-state index is 12.6. The van der Waals surface area contributed by atoms with E-state index in [1.165, 1.54) is 0 Å². The van der Waals surface area contributed by atoms with Crippen molar-refractivity contribution in [3.8, 4) is 0 Å². The fraction of sp³-hybridized carbons (Fsp3) is 0.688. The summed E-state index contributed by atoms with van der Waals surface area (Å²) in [4.78, 5) is 37.7.